The molecule has 0 aliphatic carbocycles. The summed E-state index contributed by atoms with van der Waals surface area (Å²) in [5, 5.41) is 13.0. The van der Waals surface area contributed by atoms with Crippen molar-refractivity contribution in [3.05, 3.63) is 12.2 Å². The van der Waals surface area contributed by atoms with Crippen molar-refractivity contribution in [3.8, 4) is 0 Å². The second kappa shape index (κ2) is 5.07. The van der Waals surface area contributed by atoms with E-state index in [4.69, 9.17) is 5.11 Å². The minimum absolute atomic E-state index is 0.117. The fourth-order valence-electron chi connectivity index (χ4n) is 1.91. The fourth-order valence-corrected chi connectivity index (χ4v) is 1.91. The van der Waals surface area contributed by atoms with E-state index in [1.165, 1.54) is 6.33 Å². The van der Waals surface area contributed by atoms with Gasteiger partial charge in [0.1, 0.15) is 12.9 Å². The number of amides is 1. The van der Waals surface area contributed by atoms with Crippen LogP contribution in [0.4, 0.5) is 0 Å². The van der Waals surface area contributed by atoms with Crippen molar-refractivity contribution in [1.29, 1.82) is 0 Å². The number of rotatable bonds is 4. The van der Waals surface area contributed by atoms with E-state index in [0.717, 1.165) is 19.4 Å². The molecule has 6 nitrogen and oxygen atoms in total. The quantitative estimate of drug-likeness (QED) is 0.767. The normalized spacial score (nSPS) is 16.8. The molecular formula is C10H16N4O2. The number of carbonyl (C=O) groups excluding carboxylic acids is 1. The lowest BCUT2D eigenvalue weighted by molar-refractivity contribution is -0.133. The Labute approximate surface area is 93.9 Å². The number of carbonyl (C=O) groups is 1. The highest BCUT2D eigenvalue weighted by Gasteiger charge is 2.17. The van der Waals surface area contributed by atoms with Crippen LogP contribution in [-0.2, 0) is 17.9 Å². The first-order valence-electron chi connectivity index (χ1n) is 5.56. The molecule has 0 bridgehead atoms. The second-order valence-corrected chi connectivity index (χ2v) is 3.90. The van der Waals surface area contributed by atoms with Crippen molar-refractivity contribution < 1.29 is 9.90 Å². The zero-order chi connectivity index (χ0) is 11.4. The maximum absolute atomic E-state index is 11.5. The van der Waals surface area contributed by atoms with Crippen LogP contribution >= 0.6 is 0 Å². The molecule has 1 saturated heterocycles. The second-order valence-electron chi connectivity index (χ2n) is 3.90. The summed E-state index contributed by atoms with van der Waals surface area (Å²) in [6.45, 7) is 1.97. The van der Waals surface area contributed by atoms with Crippen LogP contribution in [-0.4, -0.2) is 43.8 Å². The molecule has 1 aromatic rings. The summed E-state index contributed by atoms with van der Waals surface area (Å²) in [5.74, 6) is 0.765. The van der Waals surface area contributed by atoms with E-state index in [2.05, 4.69) is 10.1 Å². The predicted molar refractivity (Wildman–Crippen MR) is 56.4 cm³/mol. The number of aliphatic hydroxyl groups excluding tert-OH is 1. The average Bonchev–Trinajstić information content (AvgIpc) is 2.75. The van der Waals surface area contributed by atoms with Gasteiger partial charge in [0.05, 0.1) is 6.54 Å². The van der Waals surface area contributed by atoms with Crippen LogP contribution in [0.1, 0.15) is 25.1 Å². The molecule has 88 valence electrons. The number of likely N-dealkylation sites (tertiary alicyclic amines) is 1. The van der Waals surface area contributed by atoms with Crippen molar-refractivity contribution in [2.75, 3.05) is 13.1 Å². The molecule has 16 heavy (non-hydrogen) atoms. The van der Waals surface area contributed by atoms with E-state index >= 15 is 0 Å². The van der Waals surface area contributed by atoms with E-state index in [0.29, 0.717) is 25.3 Å². The van der Waals surface area contributed by atoms with Gasteiger partial charge in [-0.05, 0) is 12.8 Å². The molecule has 0 atom stereocenters. The molecule has 1 aliphatic rings. The van der Waals surface area contributed by atoms with E-state index in [1.54, 1.807) is 4.68 Å². The molecule has 0 unspecified atom stereocenters. The van der Waals surface area contributed by atoms with Gasteiger partial charge in [0.2, 0.25) is 5.91 Å². The summed E-state index contributed by atoms with van der Waals surface area (Å²) in [5.41, 5.74) is 0. The van der Waals surface area contributed by atoms with Crippen molar-refractivity contribution in [3.63, 3.8) is 0 Å². The SMILES string of the molecule is O=C1CCCCN1CCn1ncnc1CO. The van der Waals surface area contributed by atoms with E-state index in [1.807, 2.05) is 4.90 Å². The van der Waals surface area contributed by atoms with Gasteiger partial charge in [-0.2, -0.15) is 5.10 Å². The number of aliphatic hydroxyl groups is 1. The number of aromatic nitrogens is 3. The van der Waals surface area contributed by atoms with Crippen LogP contribution in [0.2, 0.25) is 0 Å². The molecule has 1 amide bonds. The first kappa shape index (κ1) is 11.1. The molecule has 2 heterocycles. The molecule has 1 aliphatic heterocycles. The Morgan fingerprint density at radius 2 is 2.25 bits per heavy atom. The maximum atomic E-state index is 11.5. The Balaban J connectivity index is 1.89. The maximum Gasteiger partial charge on any atom is 0.222 e. The van der Waals surface area contributed by atoms with Crippen LogP contribution in [0.15, 0.2) is 6.33 Å². The van der Waals surface area contributed by atoms with Gasteiger partial charge < -0.3 is 10.0 Å². The van der Waals surface area contributed by atoms with E-state index < -0.39 is 0 Å². The molecule has 0 aromatic carbocycles. The Bertz CT molecular complexity index is 363. The Morgan fingerprint density at radius 3 is 3.00 bits per heavy atom. The monoisotopic (exact) mass is 224 g/mol. The lowest BCUT2D eigenvalue weighted by Crippen LogP contribution is -2.37. The lowest BCUT2D eigenvalue weighted by atomic mass is 10.1. The molecule has 1 aromatic heterocycles. The van der Waals surface area contributed by atoms with Crippen LogP contribution in [0.5, 0.6) is 0 Å². The van der Waals surface area contributed by atoms with Gasteiger partial charge in [-0.15, -0.1) is 0 Å². The number of hydrogen-bond acceptors (Lipinski definition) is 4. The molecule has 0 radical (unpaired) electrons. The summed E-state index contributed by atoms with van der Waals surface area (Å²) < 4.78 is 1.64. The van der Waals surface area contributed by atoms with Gasteiger partial charge >= 0.3 is 0 Å². The minimum atomic E-state index is -0.117. The summed E-state index contributed by atoms with van der Waals surface area (Å²) >= 11 is 0. The third kappa shape index (κ3) is 2.38. The van der Waals surface area contributed by atoms with Crippen LogP contribution < -0.4 is 0 Å². The first-order valence-corrected chi connectivity index (χ1v) is 5.56. The van der Waals surface area contributed by atoms with Gasteiger partial charge in [0, 0.05) is 19.5 Å². The molecule has 0 saturated carbocycles. The zero-order valence-corrected chi connectivity index (χ0v) is 9.17. The Kier molecular flexibility index (Phi) is 3.51. The largest absolute Gasteiger partial charge is 0.388 e. The Morgan fingerprint density at radius 1 is 1.38 bits per heavy atom. The number of nitrogens with zero attached hydrogens (tertiary/aromatic N) is 4. The third-order valence-electron chi connectivity index (χ3n) is 2.84. The number of hydrogen-bond donors (Lipinski definition) is 1. The van der Waals surface area contributed by atoms with Gasteiger partial charge in [0.15, 0.2) is 5.82 Å². The first-order chi connectivity index (χ1) is 7.81. The summed E-state index contributed by atoms with van der Waals surface area (Å²) in [6.07, 6.45) is 4.16. The third-order valence-corrected chi connectivity index (χ3v) is 2.84. The van der Waals surface area contributed by atoms with Crippen LogP contribution in [0, 0.1) is 0 Å². The molecule has 2 rings (SSSR count). The topological polar surface area (TPSA) is 71.2 Å². The smallest absolute Gasteiger partial charge is 0.222 e. The van der Waals surface area contributed by atoms with Gasteiger partial charge in [-0.1, -0.05) is 0 Å². The lowest BCUT2D eigenvalue weighted by Gasteiger charge is -2.26. The zero-order valence-electron chi connectivity index (χ0n) is 9.17. The highest BCUT2D eigenvalue weighted by atomic mass is 16.3. The Hall–Kier alpha value is -1.43. The number of piperidine rings is 1. The summed E-state index contributed by atoms with van der Waals surface area (Å²) in [4.78, 5) is 17.3. The molecule has 0 spiro atoms. The molecule has 6 heteroatoms. The summed E-state index contributed by atoms with van der Waals surface area (Å²) in [7, 11) is 0. The molecule has 1 fully saturated rings. The highest BCUT2D eigenvalue weighted by Crippen LogP contribution is 2.10. The van der Waals surface area contributed by atoms with E-state index in [-0.39, 0.29) is 12.5 Å². The highest BCUT2D eigenvalue weighted by molar-refractivity contribution is 5.76. The van der Waals surface area contributed by atoms with Crippen LogP contribution in [0.25, 0.3) is 0 Å². The van der Waals surface area contributed by atoms with Crippen LogP contribution in [0.3, 0.4) is 0 Å². The molecule has 1 N–H and O–H groups in total. The predicted octanol–water partition coefficient (Wildman–Crippen LogP) is -0.217. The van der Waals surface area contributed by atoms with Gasteiger partial charge in [0.25, 0.3) is 0 Å². The minimum Gasteiger partial charge on any atom is -0.388 e. The van der Waals surface area contributed by atoms with Crippen molar-refractivity contribution in [2.24, 2.45) is 0 Å². The van der Waals surface area contributed by atoms with Gasteiger partial charge in [-0.25, -0.2) is 9.67 Å². The standard InChI is InChI=1S/C10H16N4O2/c15-7-9-11-8-12-14(9)6-5-13-4-2-1-3-10(13)16/h8,15H,1-7H2. The van der Waals surface area contributed by atoms with E-state index in [9.17, 15) is 4.79 Å². The van der Waals surface area contributed by atoms with Gasteiger partial charge in [-0.3, -0.25) is 4.79 Å². The molecular weight excluding hydrogens is 208 g/mol. The van der Waals surface area contributed by atoms with Crippen molar-refractivity contribution >= 4 is 5.91 Å². The van der Waals surface area contributed by atoms with Crippen molar-refractivity contribution in [2.45, 2.75) is 32.4 Å². The average molecular weight is 224 g/mol. The fraction of sp³-hybridized carbons (Fsp3) is 0.700. The summed E-state index contributed by atoms with van der Waals surface area (Å²) in [6, 6.07) is 0. The van der Waals surface area contributed by atoms with Crippen molar-refractivity contribution in [1.82, 2.24) is 19.7 Å².